The molecule has 1 heterocycles. The second-order valence-electron chi connectivity index (χ2n) is 14.1. The van der Waals surface area contributed by atoms with Gasteiger partial charge in [0.25, 0.3) is 0 Å². The predicted octanol–water partition coefficient (Wildman–Crippen LogP) is 13.8. The van der Waals surface area contributed by atoms with Crippen molar-refractivity contribution in [1.82, 2.24) is 0 Å². The number of anilines is 3. The Labute approximate surface area is 297 Å². The first-order valence-corrected chi connectivity index (χ1v) is 17.7. The molecular weight excluding hydrogens is 619 g/mol. The second-order valence-corrected chi connectivity index (χ2v) is 14.1. The zero-order chi connectivity index (χ0) is 34.1. The summed E-state index contributed by atoms with van der Waals surface area (Å²) in [6.07, 6.45) is 0. The summed E-state index contributed by atoms with van der Waals surface area (Å²) in [7, 11) is 0. The lowest BCUT2D eigenvalue weighted by atomic mass is 9.82. The van der Waals surface area contributed by atoms with E-state index >= 15 is 0 Å². The molecule has 1 aliphatic rings. The van der Waals surface area contributed by atoms with Crippen molar-refractivity contribution in [1.29, 1.82) is 0 Å². The van der Waals surface area contributed by atoms with E-state index in [0.717, 1.165) is 55.7 Å². The molecule has 0 atom stereocenters. The molecule has 0 spiro atoms. The Kier molecular flexibility index (Phi) is 6.56. The summed E-state index contributed by atoms with van der Waals surface area (Å²) in [6, 6.07) is 63.5. The van der Waals surface area contributed by atoms with Crippen LogP contribution in [0.2, 0.25) is 0 Å². The lowest BCUT2D eigenvalue weighted by Crippen LogP contribution is -2.16. The van der Waals surface area contributed by atoms with Gasteiger partial charge < -0.3 is 9.32 Å². The van der Waals surface area contributed by atoms with Gasteiger partial charge in [-0.3, -0.25) is 0 Å². The highest BCUT2D eigenvalue weighted by Crippen LogP contribution is 2.56. The summed E-state index contributed by atoms with van der Waals surface area (Å²) in [4.78, 5) is 2.46. The maximum Gasteiger partial charge on any atom is 0.159 e. The van der Waals surface area contributed by atoms with Crippen LogP contribution in [0.3, 0.4) is 0 Å². The maximum absolute atomic E-state index is 7.10. The number of rotatable bonds is 5. The molecule has 8 aromatic carbocycles. The van der Waals surface area contributed by atoms with Crippen LogP contribution < -0.4 is 4.90 Å². The van der Waals surface area contributed by atoms with Crippen LogP contribution in [0.4, 0.5) is 17.1 Å². The van der Waals surface area contributed by atoms with E-state index in [1.54, 1.807) is 0 Å². The molecule has 1 aromatic heterocycles. The predicted molar refractivity (Wildman–Crippen MR) is 214 cm³/mol. The normalized spacial score (nSPS) is 13.1. The molecule has 0 fully saturated rings. The average molecular weight is 654 g/mol. The molecule has 0 amide bonds. The van der Waals surface area contributed by atoms with E-state index in [2.05, 4.69) is 195 Å². The van der Waals surface area contributed by atoms with Crippen molar-refractivity contribution < 1.29 is 4.42 Å². The van der Waals surface area contributed by atoms with Crippen LogP contribution in [-0.4, -0.2) is 0 Å². The van der Waals surface area contributed by atoms with Gasteiger partial charge in [-0.15, -0.1) is 0 Å². The summed E-state index contributed by atoms with van der Waals surface area (Å²) < 4.78 is 7.10. The lowest BCUT2D eigenvalue weighted by Gasteiger charge is -2.30. The Morgan fingerprint density at radius 3 is 1.82 bits per heavy atom. The highest BCUT2D eigenvalue weighted by Gasteiger charge is 2.38. The van der Waals surface area contributed by atoms with Gasteiger partial charge in [0.2, 0.25) is 0 Å². The van der Waals surface area contributed by atoms with E-state index < -0.39 is 0 Å². The molecule has 242 valence electrons. The zero-order valence-corrected chi connectivity index (χ0v) is 28.6. The third-order valence-electron chi connectivity index (χ3n) is 10.9. The molecule has 0 bridgehead atoms. The van der Waals surface area contributed by atoms with Crippen molar-refractivity contribution in [2.24, 2.45) is 0 Å². The van der Waals surface area contributed by atoms with Gasteiger partial charge in [0.15, 0.2) is 5.58 Å². The number of hydrogen-bond acceptors (Lipinski definition) is 2. The minimum Gasteiger partial charge on any atom is -0.453 e. The number of furan rings is 1. The first-order valence-electron chi connectivity index (χ1n) is 17.7. The number of benzene rings is 8. The molecule has 2 heteroatoms. The van der Waals surface area contributed by atoms with E-state index in [4.69, 9.17) is 4.42 Å². The van der Waals surface area contributed by atoms with Crippen molar-refractivity contribution in [3.05, 3.63) is 187 Å². The van der Waals surface area contributed by atoms with Crippen LogP contribution in [0.15, 0.2) is 180 Å². The quantitative estimate of drug-likeness (QED) is 0.184. The van der Waals surface area contributed by atoms with Crippen molar-refractivity contribution in [2.75, 3.05) is 4.90 Å². The highest BCUT2D eigenvalue weighted by atomic mass is 16.3. The SMILES string of the molecule is CC1(C)c2ccccc2-c2c(N(c3ccccc3-c3cccc4ccccc34)c3cccc4c3oc3c(-c5ccccc5)cccc34)cccc21. The van der Waals surface area contributed by atoms with Crippen LogP contribution in [0.25, 0.3) is 66.1 Å². The van der Waals surface area contributed by atoms with Crippen molar-refractivity contribution in [3.63, 3.8) is 0 Å². The fourth-order valence-electron chi connectivity index (χ4n) is 8.49. The summed E-state index contributed by atoms with van der Waals surface area (Å²) >= 11 is 0. The zero-order valence-electron chi connectivity index (χ0n) is 28.6. The van der Waals surface area contributed by atoms with Crippen LogP contribution in [0.1, 0.15) is 25.0 Å². The smallest absolute Gasteiger partial charge is 0.159 e. The van der Waals surface area contributed by atoms with Gasteiger partial charge in [0.1, 0.15) is 5.58 Å². The molecular formula is C49H35NO. The van der Waals surface area contributed by atoms with Gasteiger partial charge >= 0.3 is 0 Å². The van der Waals surface area contributed by atoms with E-state index in [-0.39, 0.29) is 5.41 Å². The summed E-state index contributed by atoms with van der Waals surface area (Å²) in [5.74, 6) is 0. The molecule has 0 aliphatic heterocycles. The number of hydrogen-bond donors (Lipinski definition) is 0. The average Bonchev–Trinajstić information content (AvgIpc) is 3.68. The summed E-state index contributed by atoms with van der Waals surface area (Å²) in [6.45, 7) is 4.70. The second kappa shape index (κ2) is 11.3. The van der Waals surface area contributed by atoms with Crippen LogP contribution >= 0.6 is 0 Å². The van der Waals surface area contributed by atoms with Crippen LogP contribution in [-0.2, 0) is 5.41 Å². The molecule has 0 saturated heterocycles. The van der Waals surface area contributed by atoms with E-state index in [9.17, 15) is 0 Å². The fraction of sp³-hybridized carbons (Fsp3) is 0.0612. The largest absolute Gasteiger partial charge is 0.453 e. The molecule has 0 N–H and O–H groups in total. The summed E-state index contributed by atoms with van der Waals surface area (Å²) in [5, 5.41) is 4.66. The lowest BCUT2D eigenvalue weighted by molar-refractivity contribution is 0.660. The van der Waals surface area contributed by atoms with Gasteiger partial charge in [-0.05, 0) is 56.8 Å². The minimum atomic E-state index is -0.140. The molecule has 1 aliphatic carbocycles. The number of nitrogens with zero attached hydrogens (tertiary/aromatic N) is 1. The molecule has 9 aromatic rings. The van der Waals surface area contributed by atoms with Gasteiger partial charge in [0.05, 0.1) is 17.1 Å². The Balaban J connectivity index is 1.31. The van der Waals surface area contributed by atoms with E-state index in [0.29, 0.717) is 0 Å². The highest BCUT2D eigenvalue weighted by molar-refractivity contribution is 6.15. The van der Waals surface area contributed by atoms with Crippen molar-refractivity contribution in [3.8, 4) is 33.4 Å². The Bertz CT molecular complexity index is 2780. The molecule has 0 radical (unpaired) electrons. The minimum absolute atomic E-state index is 0.140. The monoisotopic (exact) mass is 653 g/mol. The number of para-hydroxylation sites is 3. The van der Waals surface area contributed by atoms with Gasteiger partial charge in [-0.25, -0.2) is 0 Å². The van der Waals surface area contributed by atoms with Crippen molar-refractivity contribution in [2.45, 2.75) is 19.3 Å². The Morgan fingerprint density at radius 1 is 0.392 bits per heavy atom. The first-order chi connectivity index (χ1) is 25.1. The third kappa shape index (κ3) is 4.43. The van der Waals surface area contributed by atoms with Gasteiger partial charge in [0, 0.05) is 32.9 Å². The first kappa shape index (κ1) is 29.5. The summed E-state index contributed by atoms with van der Waals surface area (Å²) in [5.41, 5.74) is 14.7. The maximum atomic E-state index is 7.10. The molecule has 0 saturated carbocycles. The molecule has 0 unspecified atom stereocenters. The topological polar surface area (TPSA) is 16.4 Å². The van der Waals surface area contributed by atoms with Gasteiger partial charge in [-0.1, -0.05) is 172 Å². The molecule has 51 heavy (non-hydrogen) atoms. The van der Waals surface area contributed by atoms with E-state index in [1.165, 1.54) is 38.6 Å². The molecule has 10 rings (SSSR count). The van der Waals surface area contributed by atoms with Crippen LogP contribution in [0.5, 0.6) is 0 Å². The standard InChI is InChI=1S/C49H35NO/c1-49(2)41-27-10-8-22-40(41)46-42(49)28-15-30-44(46)50(43-29-11-9-21-37(43)36-24-12-19-32-18-6-7-20-34(32)36)45-31-14-26-39-38-25-13-23-35(47(38)51-48(39)45)33-16-4-3-5-17-33/h3-31H,1-2H3. The van der Waals surface area contributed by atoms with Crippen molar-refractivity contribution >= 4 is 49.8 Å². The third-order valence-corrected chi connectivity index (χ3v) is 10.9. The molecule has 2 nitrogen and oxygen atoms in total. The number of fused-ring (bicyclic) bond motifs is 7. The Morgan fingerprint density at radius 2 is 0.941 bits per heavy atom. The van der Waals surface area contributed by atoms with E-state index in [1.807, 2.05) is 0 Å². The fourth-order valence-corrected chi connectivity index (χ4v) is 8.49. The van der Waals surface area contributed by atoms with Crippen LogP contribution in [0, 0.1) is 0 Å². The van der Waals surface area contributed by atoms with Gasteiger partial charge in [-0.2, -0.15) is 0 Å². The Hall–Kier alpha value is -6.38.